The van der Waals surface area contributed by atoms with E-state index in [9.17, 15) is 4.79 Å². The van der Waals surface area contributed by atoms with Crippen LogP contribution in [0.2, 0.25) is 0 Å². The molecule has 0 bridgehead atoms. The van der Waals surface area contributed by atoms with E-state index >= 15 is 0 Å². The van der Waals surface area contributed by atoms with Crippen LogP contribution in [0.15, 0.2) is 24.3 Å². The molecule has 1 saturated heterocycles. The number of hydrogen-bond donors (Lipinski definition) is 0. The van der Waals surface area contributed by atoms with Crippen LogP contribution in [0, 0.1) is 0 Å². The Bertz CT molecular complexity index is 397. The highest BCUT2D eigenvalue weighted by atomic mass is 16.5. The smallest absolute Gasteiger partial charge is 0.159 e. The summed E-state index contributed by atoms with van der Waals surface area (Å²) >= 11 is 0. The van der Waals surface area contributed by atoms with E-state index in [1.54, 1.807) is 6.92 Å². The van der Waals surface area contributed by atoms with E-state index < -0.39 is 0 Å². The highest BCUT2D eigenvalue weighted by Crippen LogP contribution is 2.14. The monoisotopic (exact) mass is 247 g/mol. The Morgan fingerprint density at radius 2 is 2.11 bits per heavy atom. The van der Waals surface area contributed by atoms with E-state index in [-0.39, 0.29) is 5.78 Å². The number of benzene rings is 1. The summed E-state index contributed by atoms with van der Waals surface area (Å²) in [6.45, 7) is 5.89. The van der Waals surface area contributed by atoms with Gasteiger partial charge in [0.05, 0.1) is 6.61 Å². The van der Waals surface area contributed by atoms with Crippen molar-refractivity contribution in [2.24, 2.45) is 0 Å². The number of carbonyl (C=O) groups excluding carboxylic acids is 1. The average Bonchev–Trinajstić information content (AvgIpc) is 2.88. The molecule has 3 heteroatoms. The van der Waals surface area contributed by atoms with Gasteiger partial charge in [0.15, 0.2) is 5.78 Å². The summed E-state index contributed by atoms with van der Waals surface area (Å²) in [6.07, 6.45) is 3.72. The molecule has 1 aliphatic rings. The lowest BCUT2D eigenvalue weighted by molar-refractivity contribution is 0.101. The Morgan fingerprint density at radius 3 is 2.83 bits per heavy atom. The second-order valence-electron chi connectivity index (χ2n) is 4.83. The molecule has 0 unspecified atom stereocenters. The molecule has 0 aromatic heterocycles. The third-order valence-electron chi connectivity index (χ3n) is 3.33. The van der Waals surface area contributed by atoms with Crippen molar-refractivity contribution < 1.29 is 9.53 Å². The molecule has 0 N–H and O–H groups in total. The van der Waals surface area contributed by atoms with Crippen LogP contribution in [0.4, 0.5) is 0 Å². The van der Waals surface area contributed by atoms with Gasteiger partial charge in [0.25, 0.3) is 0 Å². The van der Waals surface area contributed by atoms with E-state index in [2.05, 4.69) is 4.90 Å². The largest absolute Gasteiger partial charge is 0.494 e. The Morgan fingerprint density at radius 1 is 1.33 bits per heavy atom. The molecular formula is C15H21NO2. The average molecular weight is 247 g/mol. The van der Waals surface area contributed by atoms with Crippen molar-refractivity contribution in [2.75, 3.05) is 26.2 Å². The molecule has 0 amide bonds. The van der Waals surface area contributed by atoms with Gasteiger partial charge in [-0.2, -0.15) is 0 Å². The first kappa shape index (κ1) is 13.1. The lowest BCUT2D eigenvalue weighted by Crippen LogP contribution is -2.21. The maximum Gasteiger partial charge on any atom is 0.159 e. The zero-order chi connectivity index (χ0) is 12.8. The van der Waals surface area contributed by atoms with E-state index in [4.69, 9.17) is 4.74 Å². The Kier molecular flexibility index (Phi) is 4.76. The highest BCUT2D eigenvalue weighted by molar-refractivity contribution is 5.94. The van der Waals surface area contributed by atoms with Crippen LogP contribution >= 0.6 is 0 Å². The van der Waals surface area contributed by atoms with Gasteiger partial charge < -0.3 is 9.64 Å². The van der Waals surface area contributed by atoms with Gasteiger partial charge in [0.1, 0.15) is 5.75 Å². The minimum atomic E-state index is 0.0810. The summed E-state index contributed by atoms with van der Waals surface area (Å²) in [4.78, 5) is 13.7. The zero-order valence-electron chi connectivity index (χ0n) is 11.0. The molecule has 1 fully saturated rings. The van der Waals surface area contributed by atoms with Crippen LogP contribution < -0.4 is 4.74 Å². The lowest BCUT2D eigenvalue weighted by atomic mass is 10.1. The maximum atomic E-state index is 11.2. The summed E-state index contributed by atoms with van der Waals surface area (Å²) < 4.78 is 5.68. The van der Waals surface area contributed by atoms with Crippen LogP contribution in [-0.4, -0.2) is 36.9 Å². The van der Waals surface area contributed by atoms with Crippen molar-refractivity contribution in [1.82, 2.24) is 4.90 Å². The summed E-state index contributed by atoms with van der Waals surface area (Å²) in [5, 5.41) is 0. The van der Waals surface area contributed by atoms with E-state index in [1.807, 2.05) is 24.3 Å². The molecule has 1 aromatic rings. The van der Waals surface area contributed by atoms with Crippen LogP contribution in [-0.2, 0) is 0 Å². The van der Waals surface area contributed by atoms with Crippen LogP contribution in [0.5, 0.6) is 5.75 Å². The molecule has 1 heterocycles. The molecule has 98 valence electrons. The molecule has 0 atom stereocenters. The highest BCUT2D eigenvalue weighted by Gasteiger charge is 2.10. The van der Waals surface area contributed by atoms with Gasteiger partial charge in [-0.25, -0.2) is 0 Å². The van der Waals surface area contributed by atoms with Crippen molar-refractivity contribution in [3.05, 3.63) is 29.8 Å². The topological polar surface area (TPSA) is 29.5 Å². The fraction of sp³-hybridized carbons (Fsp3) is 0.533. The molecule has 2 rings (SSSR count). The van der Waals surface area contributed by atoms with Gasteiger partial charge in [-0.05, 0) is 51.4 Å². The molecule has 3 nitrogen and oxygen atoms in total. The second-order valence-corrected chi connectivity index (χ2v) is 4.83. The molecule has 0 aliphatic carbocycles. The van der Waals surface area contributed by atoms with Gasteiger partial charge >= 0.3 is 0 Å². The normalized spacial score (nSPS) is 15.8. The molecular weight excluding hydrogens is 226 g/mol. The molecule has 1 aromatic carbocycles. The first-order chi connectivity index (χ1) is 8.75. The summed E-state index contributed by atoms with van der Waals surface area (Å²) in [7, 11) is 0. The molecule has 0 saturated carbocycles. The van der Waals surface area contributed by atoms with Gasteiger partial charge in [-0.1, -0.05) is 12.1 Å². The SMILES string of the molecule is CC(=O)c1cccc(OCCCN2CCCC2)c1. The molecule has 0 radical (unpaired) electrons. The molecule has 18 heavy (non-hydrogen) atoms. The molecule has 1 aliphatic heterocycles. The fourth-order valence-electron chi connectivity index (χ4n) is 2.29. The van der Waals surface area contributed by atoms with Crippen LogP contribution in [0.3, 0.4) is 0 Å². The number of nitrogens with zero attached hydrogens (tertiary/aromatic N) is 1. The van der Waals surface area contributed by atoms with Crippen molar-refractivity contribution >= 4 is 5.78 Å². The maximum absolute atomic E-state index is 11.2. The number of hydrogen-bond acceptors (Lipinski definition) is 3. The third-order valence-corrected chi connectivity index (χ3v) is 3.33. The van der Waals surface area contributed by atoms with E-state index in [0.717, 1.165) is 25.3 Å². The summed E-state index contributed by atoms with van der Waals surface area (Å²) in [5.41, 5.74) is 0.715. The number of Topliss-reactive ketones (excluding diaryl/α,β-unsaturated/α-hetero) is 1. The second kappa shape index (κ2) is 6.55. The fourth-order valence-corrected chi connectivity index (χ4v) is 2.29. The lowest BCUT2D eigenvalue weighted by Gasteiger charge is -2.14. The van der Waals surface area contributed by atoms with Crippen molar-refractivity contribution in [1.29, 1.82) is 0 Å². The number of rotatable bonds is 6. The first-order valence-corrected chi connectivity index (χ1v) is 6.72. The number of ether oxygens (including phenoxy) is 1. The van der Waals surface area contributed by atoms with Gasteiger partial charge in [-0.3, -0.25) is 4.79 Å². The van der Waals surface area contributed by atoms with Crippen molar-refractivity contribution in [2.45, 2.75) is 26.2 Å². The van der Waals surface area contributed by atoms with Crippen LogP contribution in [0.1, 0.15) is 36.5 Å². The van der Waals surface area contributed by atoms with Crippen LogP contribution in [0.25, 0.3) is 0 Å². The third kappa shape index (κ3) is 3.84. The summed E-state index contributed by atoms with van der Waals surface area (Å²) in [5.74, 6) is 0.877. The van der Waals surface area contributed by atoms with E-state index in [1.165, 1.54) is 25.9 Å². The predicted molar refractivity (Wildman–Crippen MR) is 72.2 cm³/mol. The first-order valence-electron chi connectivity index (χ1n) is 6.72. The Balaban J connectivity index is 1.72. The molecule has 0 spiro atoms. The predicted octanol–water partition coefficient (Wildman–Crippen LogP) is 2.75. The van der Waals surface area contributed by atoms with E-state index in [0.29, 0.717) is 5.56 Å². The number of carbonyl (C=O) groups is 1. The number of ketones is 1. The zero-order valence-corrected chi connectivity index (χ0v) is 11.0. The summed E-state index contributed by atoms with van der Waals surface area (Å²) in [6, 6.07) is 7.41. The van der Waals surface area contributed by atoms with Gasteiger partial charge in [0, 0.05) is 12.1 Å². The van der Waals surface area contributed by atoms with Crippen molar-refractivity contribution in [3.8, 4) is 5.75 Å². The number of likely N-dealkylation sites (tertiary alicyclic amines) is 1. The quantitative estimate of drug-likeness (QED) is 0.572. The Hall–Kier alpha value is -1.35. The standard InChI is InChI=1S/C15H21NO2/c1-13(17)14-6-4-7-15(12-14)18-11-5-10-16-8-2-3-9-16/h4,6-7,12H,2-3,5,8-11H2,1H3. The van der Waals surface area contributed by atoms with Gasteiger partial charge in [0.2, 0.25) is 0 Å². The van der Waals surface area contributed by atoms with Crippen molar-refractivity contribution in [3.63, 3.8) is 0 Å². The van der Waals surface area contributed by atoms with Gasteiger partial charge in [-0.15, -0.1) is 0 Å². The minimum absolute atomic E-state index is 0.0810. The Labute approximate surface area is 109 Å². The minimum Gasteiger partial charge on any atom is -0.494 e.